The van der Waals surface area contributed by atoms with Gasteiger partial charge in [-0.3, -0.25) is 0 Å². The molecular weight excluding hydrogens is 577 g/mol. The van der Waals surface area contributed by atoms with Crippen LogP contribution in [-0.2, 0) is 25.7 Å². The molecule has 0 heteroatoms. The van der Waals surface area contributed by atoms with Crippen LogP contribution in [0.1, 0.15) is 223 Å². The molecule has 0 saturated carbocycles. The van der Waals surface area contributed by atoms with Crippen LogP contribution in [-0.4, -0.2) is 0 Å². The summed E-state index contributed by atoms with van der Waals surface area (Å²) in [7, 11) is 0. The molecule has 0 N–H and O–H groups in total. The van der Waals surface area contributed by atoms with Crippen molar-refractivity contribution < 1.29 is 0 Å². The molecule has 2 aromatic rings. The zero-order valence-electron chi connectivity index (χ0n) is 33.0. The molecule has 0 saturated heterocycles. The Kier molecular flexibility index (Phi) is 25.6. The first-order valence-corrected chi connectivity index (χ1v) is 21.6. The summed E-state index contributed by atoms with van der Waals surface area (Å²) >= 11 is 0. The van der Waals surface area contributed by atoms with Crippen LogP contribution in [0.5, 0.6) is 0 Å². The number of hydrogen-bond acceptors (Lipinski definition) is 0. The number of allylic oxidation sites excluding steroid dienone is 1. The Morgan fingerprint density at radius 3 is 1.46 bits per heavy atom. The number of aryl methyl sites for hydroxylation is 2. The van der Waals surface area contributed by atoms with Gasteiger partial charge in [0.25, 0.3) is 0 Å². The van der Waals surface area contributed by atoms with E-state index in [9.17, 15) is 0 Å². The molecule has 0 aromatic heterocycles. The molecule has 0 atom stereocenters. The topological polar surface area (TPSA) is 0 Å². The van der Waals surface area contributed by atoms with Crippen LogP contribution in [0.2, 0.25) is 0 Å². The molecule has 272 valence electrons. The first kappa shape index (κ1) is 42.3. The predicted molar refractivity (Wildman–Crippen MR) is 220 cm³/mol. The molecule has 2 rings (SSSR count). The van der Waals surface area contributed by atoms with Crippen LogP contribution in [0.15, 0.2) is 36.4 Å². The van der Waals surface area contributed by atoms with Gasteiger partial charge in [-0.1, -0.05) is 212 Å². The van der Waals surface area contributed by atoms with E-state index in [1.54, 1.807) is 22.3 Å². The van der Waals surface area contributed by atoms with Crippen molar-refractivity contribution >= 4 is 6.08 Å². The third-order valence-electron chi connectivity index (χ3n) is 10.6. The monoisotopic (exact) mass is 657 g/mol. The fourth-order valence-corrected chi connectivity index (χ4v) is 7.63. The predicted octanol–water partition coefficient (Wildman–Crippen LogP) is 16.4. The summed E-state index contributed by atoms with van der Waals surface area (Å²) in [6.45, 7) is 11.6. The average molecular weight is 657 g/mol. The first-order valence-electron chi connectivity index (χ1n) is 21.6. The lowest BCUT2D eigenvalue weighted by Gasteiger charge is -2.20. The normalized spacial score (nSPS) is 11.7. The van der Waals surface area contributed by atoms with Crippen LogP contribution in [0.4, 0.5) is 0 Å². The first-order chi connectivity index (χ1) is 23.7. The van der Waals surface area contributed by atoms with Crippen LogP contribution in [0, 0.1) is 0 Å². The second-order valence-electron chi connectivity index (χ2n) is 15.1. The Balaban J connectivity index is 2.03. The van der Waals surface area contributed by atoms with Gasteiger partial charge in [0.1, 0.15) is 0 Å². The van der Waals surface area contributed by atoms with Gasteiger partial charge in [-0.25, -0.2) is 0 Å². The molecule has 0 aliphatic rings. The Hall–Kier alpha value is -1.82. The lowest BCUT2D eigenvalue weighted by Crippen LogP contribution is -2.03. The second-order valence-corrected chi connectivity index (χ2v) is 15.1. The number of rotatable bonds is 31. The molecule has 48 heavy (non-hydrogen) atoms. The number of benzene rings is 2. The highest BCUT2D eigenvalue weighted by atomic mass is 14.2. The Morgan fingerprint density at radius 1 is 0.396 bits per heavy atom. The van der Waals surface area contributed by atoms with Gasteiger partial charge in [-0.2, -0.15) is 0 Å². The van der Waals surface area contributed by atoms with Gasteiger partial charge in [0.05, 0.1) is 0 Å². The van der Waals surface area contributed by atoms with E-state index in [0.717, 1.165) is 0 Å². The minimum absolute atomic E-state index is 1.19. The molecule has 0 bridgehead atoms. The van der Waals surface area contributed by atoms with Gasteiger partial charge in [-0.05, 0) is 90.3 Å². The summed E-state index contributed by atoms with van der Waals surface area (Å²) in [5.41, 5.74) is 10.9. The molecule has 0 aliphatic carbocycles. The van der Waals surface area contributed by atoms with Gasteiger partial charge in [0.2, 0.25) is 0 Å². The van der Waals surface area contributed by atoms with Crippen molar-refractivity contribution in [3.63, 3.8) is 0 Å². The zero-order chi connectivity index (χ0) is 34.5. The summed E-state index contributed by atoms with van der Waals surface area (Å²) in [6.07, 6.45) is 44.2. The number of hydrogen-bond donors (Lipinski definition) is 0. The molecule has 0 amide bonds. The fourth-order valence-electron chi connectivity index (χ4n) is 7.63. The van der Waals surface area contributed by atoms with E-state index in [0.29, 0.717) is 0 Å². The average Bonchev–Trinajstić information content (AvgIpc) is 3.10. The highest BCUT2D eigenvalue weighted by Crippen LogP contribution is 2.34. The molecular formula is C48H80. The van der Waals surface area contributed by atoms with E-state index in [-0.39, 0.29) is 0 Å². The maximum Gasteiger partial charge on any atom is -0.0149 e. The molecule has 0 fully saturated rings. The van der Waals surface area contributed by atoms with Gasteiger partial charge in [-0.15, -0.1) is 0 Å². The molecule has 0 aliphatic heterocycles. The zero-order valence-corrected chi connectivity index (χ0v) is 33.0. The highest BCUT2D eigenvalue weighted by Gasteiger charge is 2.15. The third kappa shape index (κ3) is 17.7. The summed E-state index contributed by atoms with van der Waals surface area (Å²) < 4.78 is 0. The lowest BCUT2D eigenvalue weighted by molar-refractivity contribution is 0.536. The smallest absolute Gasteiger partial charge is 0.0149 e. The van der Waals surface area contributed by atoms with Gasteiger partial charge in [0, 0.05) is 0 Å². The summed E-state index contributed by atoms with van der Waals surface area (Å²) in [4.78, 5) is 0. The second kappa shape index (κ2) is 29.0. The molecule has 0 radical (unpaired) electrons. The minimum atomic E-state index is 1.19. The van der Waals surface area contributed by atoms with Crippen LogP contribution in [0.3, 0.4) is 0 Å². The van der Waals surface area contributed by atoms with Crippen molar-refractivity contribution in [1.29, 1.82) is 0 Å². The van der Waals surface area contributed by atoms with E-state index in [1.807, 2.05) is 0 Å². The van der Waals surface area contributed by atoms with Crippen LogP contribution in [0.25, 0.3) is 17.2 Å². The van der Waals surface area contributed by atoms with Crippen molar-refractivity contribution in [3.05, 3.63) is 64.2 Å². The summed E-state index contributed by atoms with van der Waals surface area (Å²) in [5, 5.41) is 0. The molecule has 0 unspecified atom stereocenters. The Morgan fingerprint density at radius 2 is 0.896 bits per heavy atom. The summed E-state index contributed by atoms with van der Waals surface area (Å²) in [6, 6.07) is 12.4. The lowest BCUT2D eigenvalue weighted by atomic mass is 9.85. The maximum absolute atomic E-state index is 2.55. The van der Waals surface area contributed by atoms with E-state index in [1.165, 1.54) is 203 Å². The fraction of sp³-hybridized carbons (Fsp3) is 0.708. The molecule has 0 nitrogen and oxygen atoms in total. The maximum atomic E-state index is 2.55. The van der Waals surface area contributed by atoms with Gasteiger partial charge < -0.3 is 0 Å². The van der Waals surface area contributed by atoms with Crippen molar-refractivity contribution in [2.45, 2.75) is 221 Å². The van der Waals surface area contributed by atoms with E-state index in [2.05, 4.69) is 77.1 Å². The molecule has 2 aromatic carbocycles. The molecule has 0 spiro atoms. The summed E-state index contributed by atoms with van der Waals surface area (Å²) in [5.74, 6) is 0. The van der Waals surface area contributed by atoms with Crippen molar-refractivity contribution in [2.24, 2.45) is 0 Å². The van der Waals surface area contributed by atoms with E-state index in [4.69, 9.17) is 0 Å². The minimum Gasteiger partial charge on any atom is -0.0839 e. The quantitative estimate of drug-likeness (QED) is 0.0708. The standard InChI is InChI=1S/C48H80/c1-6-11-14-16-18-19-20-21-22-23-24-25-26-27-28-30-34-43-39-40-47(45-38-37-42(32-9-4)44(41-45)33-10-5)48(35-13-8-3)46(43)36-31-29-17-15-12-7-2/h30,34,37-41H,6-29,31-33,35-36H2,1-5H3. The van der Waals surface area contributed by atoms with Crippen LogP contribution >= 0.6 is 0 Å². The van der Waals surface area contributed by atoms with Crippen LogP contribution < -0.4 is 0 Å². The van der Waals surface area contributed by atoms with Crippen molar-refractivity contribution in [2.75, 3.05) is 0 Å². The largest absolute Gasteiger partial charge is 0.0839 e. The van der Waals surface area contributed by atoms with E-state index < -0.39 is 0 Å². The number of unbranched alkanes of at least 4 members (excludes halogenated alkanes) is 20. The van der Waals surface area contributed by atoms with Gasteiger partial charge in [0.15, 0.2) is 0 Å². The SMILES string of the molecule is CCCCCCCCCCCCCCCCC=Cc1ccc(-c2ccc(CCC)c(CCC)c2)c(CCCC)c1CCCCCCCC. The third-order valence-corrected chi connectivity index (χ3v) is 10.6. The van der Waals surface area contributed by atoms with E-state index >= 15 is 0 Å². The van der Waals surface area contributed by atoms with Crippen molar-refractivity contribution in [1.82, 2.24) is 0 Å². The Labute approximate surface area is 301 Å². The molecule has 0 heterocycles. The van der Waals surface area contributed by atoms with Crippen molar-refractivity contribution in [3.8, 4) is 11.1 Å². The van der Waals surface area contributed by atoms with Gasteiger partial charge >= 0.3 is 0 Å². The highest BCUT2D eigenvalue weighted by molar-refractivity contribution is 5.73. The Bertz CT molecular complexity index is 1070.